The summed E-state index contributed by atoms with van der Waals surface area (Å²) in [6.07, 6.45) is 4.44. The van der Waals surface area contributed by atoms with Crippen molar-refractivity contribution in [2.45, 2.75) is 25.4 Å². The molecule has 2 aromatic carbocycles. The smallest absolute Gasteiger partial charge is 0.154 e. The molecule has 0 N–H and O–H groups in total. The summed E-state index contributed by atoms with van der Waals surface area (Å²) in [5.41, 5.74) is 2.17. The van der Waals surface area contributed by atoms with Crippen molar-refractivity contribution < 1.29 is 9.13 Å². The van der Waals surface area contributed by atoms with Crippen molar-refractivity contribution in [1.29, 1.82) is 0 Å². The van der Waals surface area contributed by atoms with Crippen LogP contribution in [-0.4, -0.2) is 13.1 Å². The summed E-state index contributed by atoms with van der Waals surface area (Å²) in [4.78, 5) is 2.28. The average Bonchev–Trinajstić information content (AvgIpc) is 2.62. The minimum Gasteiger partial charge on any atom is -0.479 e. The molecule has 1 saturated heterocycles. The van der Waals surface area contributed by atoms with Crippen LogP contribution >= 0.6 is 23.2 Å². The van der Waals surface area contributed by atoms with E-state index in [9.17, 15) is 4.39 Å². The third kappa shape index (κ3) is 3.23. The van der Waals surface area contributed by atoms with Crippen molar-refractivity contribution in [3.8, 4) is 5.75 Å². The number of rotatable bonds is 2. The van der Waals surface area contributed by atoms with E-state index in [1.807, 2.05) is 12.1 Å². The van der Waals surface area contributed by atoms with Crippen molar-refractivity contribution >= 4 is 34.7 Å². The molecular weight excluding hydrogens is 360 g/mol. The Bertz CT molecular complexity index is 830. The zero-order chi connectivity index (χ0) is 17.4. The molecule has 0 aromatic heterocycles. The standard InChI is InChI=1S/C20H18Cl2FNO/c21-13-7-8-14(16(22)11-13)19-12-17(23)15-5-4-6-18(20(15)25-19)24-9-2-1-3-10-24/h4-8,11-12,19H,1-3,9-10H2. The largest absolute Gasteiger partial charge is 0.479 e. The number of nitrogens with zero attached hydrogens (tertiary/aromatic N) is 1. The molecule has 130 valence electrons. The molecule has 2 aliphatic rings. The van der Waals surface area contributed by atoms with E-state index < -0.39 is 6.10 Å². The molecule has 1 atom stereocenters. The monoisotopic (exact) mass is 377 g/mol. The SMILES string of the molecule is FC1=CC(c2ccc(Cl)cc2Cl)Oc2c1cccc2N1CCCCC1. The Morgan fingerprint density at radius 2 is 1.84 bits per heavy atom. The van der Waals surface area contributed by atoms with Gasteiger partial charge in [0, 0.05) is 28.7 Å². The molecule has 1 unspecified atom stereocenters. The van der Waals surface area contributed by atoms with Gasteiger partial charge < -0.3 is 9.64 Å². The first kappa shape index (κ1) is 16.7. The maximum absolute atomic E-state index is 14.8. The number of anilines is 1. The normalized spacial score (nSPS) is 19.9. The fourth-order valence-corrected chi connectivity index (χ4v) is 4.01. The molecular formula is C20H18Cl2FNO. The van der Waals surface area contributed by atoms with Gasteiger partial charge in [-0.05, 0) is 49.6 Å². The van der Waals surface area contributed by atoms with Gasteiger partial charge >= 0.3 is 0 Å². The van der Waals surface area contributed by atoms with Crippen LogP contribution in [0.5, 0.6) is 5.75 Å². The second-order valence-electron chi connectivity index (χ2n) is 6.42. The van der Waals surface area contributed by atoms with Crippen LogP contribution in [0.25, 0.3) is 5.83 Å². The number of piperidine rings is 1. The van der Waals surface area contributed by atoms with E-state index >= 15 is 0 Å². The molecule has 2 nitrogen and oxygen atoms in total. The quantitative estimate of drug-likeness (QED) is 0.597. The number of hydrogen-bond acceptors (Lipinski definition) is 2. The summed E-state index contributed by atoms with van der Waals surface area (Å²) < 4.78 is 21.0. The number of halogens is 3. The number of fused-ring (bicyclic) bond motifs is 1. The molecule has 25 heavy (non-hydrogen) atoms. The van der Waals surface area contributed by atoms with Crippen LogP contribution in [0.4, 0.5) is 10.1 Å². The molecule has 5 heteroatoms. The van der Waals surface area contributed by atoms with Gasteiger partial charge in [0.05, 0.1) is 11.3 Å². The summed E-state index contributed by atoms with van der Waals surface area (Å²) in [5.74, 6) is 0.316. The minimum absolute atomic E-state index is 0.281. The van der Waals surface area contributed by atoms with Gasteiger partial charge in [-0.15, -0.1) is 0 Å². The van der Waals surface area contributed by atoms with E-state index in [0.717, 1.165) is 31.6 Å². The van der Waals surface area contributed by atoms with E-state index in [1.165, 1.54) is 12.5 Å². The summed E-state index contributed by atoms with van der Waals surface area (Å²) in [6.45, 7) is 1.94. The third-order valence-corrected chi connectivity index (χ3v) is 5.32. The van der Waals surface area contributed by atoms with Crippen LogP contribution in [0.1, 0.15) is 36.5 Å². The maximum atomic E-state index is 14.8. The highest BCUT2D eigenvalue weighted by Gasteiger charge is 2.28. The van der Waals surface area contributed by atoms with Gasteiger partial charge in [0.25, 0.3) is 0 Å². The lowest BCUT2D eigenvalue weighted by Gasteiger charge is -2.33. The Balaban J connectivity index is 1.74. The first-order valence-electron chi connectivity index (χ1n) is 8.51. The highest BCUT2D eigenvalue weighted by atomic mass is 35.5. The van der Waals surface area contributed by atoms with Crippen LogP contribution in [0.15, 0.2) is 42.5 Å². The lowest BCUT2D eigenvalue weighted by molar-refractivity contribution is 0.248. The van der Waals surface area contributed by atoms with Crippen molar-refractivity contribution in [1.82, 2.24) is 0 Å². The van der Waals surface area contributed by atoms with E-state index in [0.29, 0.717) is 26.9 Å². The van der Waals surface area contributed by atoms with Gasteiger partial charge in [0.1, 0.15) is 11.9 Å². The first-order chi connectivity index (χ1) is 12.1. The zero-order valence-corrected chi connectivity index (χ0v) is 15.2. The second-order valence-corrected chi connectivity index (χ2v) is 7.26. The van der Waals surface area contributed by atoms with Gasteiger partial charge in [0.15, 0.2) is 5.75 Å². The molecule has 0 spiro atoms. The Morgan fingerprint density at radius 3 is 2.60 bits per heavy atom. The molecule has 0 saturated carbocycles. The van der Waals surface area contributed by atoms with E-state index in [2.05, 4.69) is 4.90 Å². The van der Waals surface area contributed by atoms with Gasteiger partial charge in [-0.2, -0.15) is 0 Å². The Hall–Kier alpha value is -1.71. The zero-order valence-electron chi connectivity index (χ0n) is 13.6. The highest BCUT2D eigenvalue weighted by molar-refractivity contribution is 6.35. The maximum Gasteiger partial charge on any atom is 0.154 e. The molecule has 0 amide bonds. The Morgan fingerprint density at radius 1 is 1.04 bits per heavy atom. The molecule has 1 fully saturated rings. The van der Waals surface area contributed by atoms with Gasteiger partial charge in [-0.1, -0.05) is 35.3 Å². The summed E-state index contributed by atoms with van der Waals surface area (Å²) >= 11 is 12.3. The predicted molar refractivity (Wildman–Crippen MR) is 101 cm³/mol. The van der Waals surface area contributed by atoms with Crippen molar-refractivity contribution in [2.24, 2.45) is 0 Å². The van der Waals surface area contributed by atoms with Crippen LogP contribution in [0.3, 0.4) is 0 Å². The molecule has 4 rings (SSSR count). The lowest BCUT2D eigenvalue weighted by Crippen LogP contribution is -2.30. The fourth-order valence-electron chi connectivity index (χ4n) is 3.49. The van der Waals surface area contributed by atoms with Crippen LogP contribution < -0.4 is 9.64 Å². The highest BCUT2D eigenvalue weighted by Crippen LogP contribution is 2.45. The lowest BCUT2D eigenvalue weighted by atomic mass is 10.0. The van der Waals surface area contributed by atoms with Gasteiger partial charge in [0.2, 0.25) is 0 Å². The summed E-state index contributed by atoms with van der Waals surface area (Å²) in [6, 6.07) is 10.8. The third-order valence-electron chi connectivity index (χ3n) is 4.76. The summed E-state index contributed by atoms with van der Waals surface area (Å²) in [5, 5.41) is 1.02. The van der Waals surface area contributed by atoms with Crippen LogP contribution in [-0.2, 0) is 0 Å². The van der Waals surface area contributed by atoms with E-state index in [1.54, 1.807) is 24.3 Å². The number of hydrogen-bond donors (Lipinski definition) is 0. The molecule has 0 bridgehead atoms. The molecule has 2 aromatic rings. The van der Waals surface area contributed by atoms with E-state index in [-0.39, 0.29) is 5.83 Å². The fraction of sp³-hybridized carbons (Fsp3) is 0.300. The van der Waals surface area contributed by atoms with Crippen LogP contribution in [0, 0.1) is 0 Å². The molecule has 2 aliphatic heterocycles. The number of benzene rings is 2. The molecule has 0 aliphatic carbocycles. The Labute approximate surface area is 156 Å². The topological polar surface area (TPSA) is 12.5 Å². The minimum atomic E-state index is -0.566. The first-order valence-corrected chi connectivity index (χ1v) is 9.26. The average molecular weight is 378 g/mol. The number of ether oxygens (including phenoxy) is 1. The van der Waals surface area contributed by atoms with Crippen LogP contribution in [0.2, 0.25) is 10.0 Å². The van der Waals surface area contributed by atoms with Gasteiger partial charge in [-0.3, -0.25) is 0 Å². The van der Waals surface area contributed by atoms with Crippen molar-refractivity contribution in [2.75, 3.05) is 18.0 Å². The van der Waals surface area contributed by atoms with Crippen molar-refractivity contribution in [3.05, 3.63) is 63.6 Å². The van der Waals surface area contributed by atoms with Gasteiger partial charge in [-0.25, -0.2) is 4.39 Å². The molecule has 2 heterocycles. The predicted octanol–water partition coefficient (Wildman–Crippen LogP) is 6.43. The summed E-state index contributed by atoms with van der Waals surface area (Å²) in [7, 11) is 0. The number of para-hydroxylation sites is 1. The van der Waals surface area contributed by atoms with Crippen molar-refractivity contribution in [3.63, 3.8) is 0 Å². The van der Waals surface area contributed by atoms with E-state index in [4.69, 9.17) is 27.9 Å². The second kappa shape index (κ2) is 6.89. The Kier molecular flexibility index (Phi) is 4.61. The molecule has 0 radical (unpaired) electrons.